The summed E-state index contributed by atoms with van der Waals surface area (Å²) in [5, 5.41) is 25.1. The van der Waals surface area contributed by atoms with E-state index in [9.17, 15) is 18.3 Å². The maximum atomic E-state index is 12.6. The molecule has 11 heteroatoms. The number of hydrogen-bond acceptors (Lipinski definition) is 7. The van der Waals surface area contributed by atoms with Crippen molar-refractivity contribution in [1.29, 1.82) is 0 Å². The van der Waals surface area contributed by atoms with E-state index < -0.39 is 11.7 Å². The Labute approximate surface area is 169 Å². The highest BCUT2D eigenvalue weighted by molar-refractivity contribution is 6.00. The van der Waals surface area contributed by atoms with E-state index in [4.69, 9.17) is 9.57 Å². The van der Waals surface area contributed by atoms with Crippen LogP contribution >= 0.6 is 0 Å². The van der Waals surface area contributed by atoms with Crippen LogP contribution in [0.5, 0.6) is 11.5 Å². The second-order valence-electron chi connectivity index (χ2n) is 6.33. The number of aromatic hydroxyl groups is 1. The maximum Gasteiger partial charge on any atom is 0.416 e. The first-order valence-corrected chi connectivity index (χ1v) is 8.74. The van der Waals surface area contributed by atoms with E-state index in [2.05, 4.69) is 20.7 Å². The molecule has 8 nitrogen and oxygen atoms in total. The van der Waals surface area contributed by atoms with Gasteiger partial charge in [-0.15, -0.1) is 5.10 Å². The van der Waals surface area contributed by atoms with Crippen LogP contribution in [0.3, 0.4) is 0 Å². The van der Waals surface area contributed by atoms with Crippen LogP contribution < -0.4 is 4.74 Å². The molecule has 0 spiro atoms. The standard InChI is InChI=1S/C19H18F3N5O3/c1-12(24-30-10-13-3-5-14(6-4-13)19(20,21)22)16-8-7-15(9-17(16)28)29-11-18-23-25-26-27(18)2/h3-9,28H,10-11H2,1-2H3. The minimum atomic E-state index is -4.38. The second kappa shape index (κ2) is 8.80. The monoisotopic (exact) mass is 421 g/mol. The molecule has 3 rings (SSSR count). The number of benzene rings is 2. The van der Waals surface area contributed by atoms with Gasteiger partial charge < -0.3 is 14.7 Å². The topological polar surface area (TPSA) is 94.7 Å². The van der Waals surface area contributed by atoms with Crippen molar-refractivity contribution in [2.75, 3.05) is 0 Å². The van der Waals surface area contributed by atoms with Crippen molar-refractivity contribution in [2.45, 2.75) is 26.3 Å². The SMILES string of the molecule is CC(=NOCc1ccc(C(F)(F)F)cc1)c1ccc(OCc2nnnn2C)cc1O. The molecule has 1 heterocycles. The highest BCUT2D eigenvalue weighted by atomic mass is 19.4. The molecule has 0 fully saturated rings. The van der Waals surface area contributed by atoms with Gasteiger partial charge in [-0.3, -0.25) is 0 Å². The first kappa shape index (κ1) is 21.1. The number of hydrogen-bond donors (Lipinski definition) is 1. The summed E-state index contributed by atoms with van der Waals surface area (Å²) in [5.74, 6) is 0.869. The Morgan fingerprint density at radius 1 is 1.13 bits per heavy atom. The molecule has 1 N–H and O–H groups in total. The second-order valence-corrected chi connectivity index (χ2v) is 6.33. The summed E-state index contributed by atoms with van der Waals surface area (Å²) >= 11 is 0. The molecule has 1 aromatic heterocycles. The van der Waals surface area contributed by atoms with E-state index >= 15 is 0 Å². The molecule has 0 saturated carbocycles. The molecule has 0 amide bonds. The Bertz CT molecular complexity index is 1030. The Morgan fingerprint density at radius 3 is 2.47 bits per heavy atom. The molecule has 0 aliphatic carbocycles. The lowest BCUT2D eigenvalue weighted by molar-refractivity contribution is -0.137. The number of alkyl halides is 3. The quantitative estimate of drug-likeness (QED) is 0.464. The predicted molar refractivity (Wildman–Crippen MR) is 99.7 cm³/mol. The fraction of sp³-hybridized carbons (Fsp3) is 0.263. The van der Waals surface area contributed by atoms with Crippen LogP contribution in [-0.2, 0) is 31.3 Å². The van der Waals surface area contributed by atoms with E-state index in [1.807, 2.05) is 0 Å². The number of nitrogens with zero attached hydrogens (tertiary/aromatic N) is 5. The number of aromatic nitrogens is 4. The maximum absolute atomic E-state index is 12.6. The largest absolute Gasteiger partial charge is 0.507 e. The lowest BCUT2D eigenvalue weighted by atomic mass is 10.1. The zero-order valence-corrected chi connectivity index (χ0v) is 16.1. The van der Waals surface area contributed by atoms with E-state index in [1.54, 1.807) is 26.1 Å². The van der Waals surface area contributed by atoms with Crippen molar-refractivity contribution in [1.82, 2.24) is 20.2 Å². The van der Waals surface area contributed by atoms with Crippen LogP contribution in [0.15, 0.2) is 47.6 Å². The van der Waals surface area contributed by atoms with Gasteiger partial charge in [0, 0.05) is 18.7 Å². The van der Waals surface area contributed by atoms with Crippen molar-refractivity contribution in [3.05, 3.63) is 65.0 Å². The minimum absolute atomic E-state index is 0.0107. The summed E-state index contributed by atoms with van der Waals surface area (Å²) in [5.41, 5.74) is 0.623. The molecule has 0 radical (unpaired) electrons. The number of aryl methyl sites for hydroxylation is 1. The van der Waals surface area contributed by atoms with Gasteiger partial charge >= 0.3 is 6.18 Å². The Balaban J connectivity index is 1.58. The summed E-state index contributed by atoms with van der Waals surface area (Å²) in [4.78, 5) is 5.20. The zero-order chi connectivity index (χ0) is 21.7. The number of phenols is 1. The van der Waals surface area contributed by atoms with Crippen molar-refractivity contribution in [3.63, 3.8) is 0 Å². The van der Waals surface area contributed by atoms with Crippen molar-refractivity contribution in [2.24, 2.45) is 12.2 Å². The summed E-state index contributed by atoms with van der Waals surface area (Å²) < 4.78 is 44.7. The fourth-order valence-electron chi connectivity index (χ4n) is 2.47. The number of tetrazole rings is 1. The van der Waals surface area contributed by atoms with Crippen LogP contribution in [0, 0.1) is 0 Å². The average molecular weight is 421 g/mol. The first-order chi connectivity index (χ1) is 14.2. The van der Waals surface area contributed by atoms with E-state index in [0.29, 0.717) is 28.4 Å². The van der Waals surface area contributed by atoms with Crippen LogP contribution in [-0.4, -0.2) is 31.0 Å². The first-order valence-electron chi connectivity index (χ1n) is 8.74. The molecular formula is C19H18F3N5O3. The van der Waals surface area contributed by atoms with Gasteiger partial charge in [0.25, 0.3) is 0 Å². The summed E-state index contributed by atoms with van der Waals surface area (Å²) in [6.45, 7) is 1.75. The zero-order valence-electron chi connectivity index (χ0n) is 16.1. The van der Waals surface area contributed by atoms with Gasteiger partial charge in [-0.05, 0) is 47.2 Å². The summed E-state index contributed by atoms with van der Waals surface area (Å²) in [6.07, 6.45) is -4.38. The van der Waals surface area contributed by atoms with Crippen LogP contribution in [0.1, 0.15) is 29.4 Å². The molecule has 0 saturated heterocycles. The van der Waals surface area contributed by atoms with Gasteiger partial charge in [-0.25, -0.2) is 4.68 Å². The molecule has 0 aliphatic heterocycles. The molecule has 0 unspecified atom stereocenters. The number of rotatable bonds is 7. The summed E-state index contributed by atoms with van der Waals surface area (Å²) in [7, 11) is 1.68. The van der Waals surface area contributed by atoms with Gasteiger partial charge in [-0.1, -0.05) is 17.3 Å². The average Bonchev–Trinajstić information content (AvgIpc) is 3.11. The van der Waals surface area contributed by atoms with Crippen molar-refractivity contribution >= 4 is 5.71 Å². The minimum Gasteiger partial charge on any atom is -0.507 e. The summed E-state index contributed by atoms with van der Waals surface area (Å²) in [6, 6.07) is 9.29. The highest BCUT2D eigenvalue weighted by Crippen LogP contribution is 2.29. The van der Waals surface area contributed by atoms with E-state index in [0.717, 1.165) is 12.1 Å². The third-order valence-electron chi connectivity index (χ3n) is 4.15. The smallest absolute Gasteiger partial charge is 0.416 e. The molecule has 30 heavy (non-hydrogen) atoms. The fourth-order valence-corrected chi connectivity index (χ4v) is 2.47. The van der Waals surface area contributed by atoms with Gasteiger partial charge in [0.1, 0.15) is 24.7 Å². The van der Waals surface area contributed by atoms with E-state index in [1.165, 1.54) is 22.9 Å². The number of oxime groups is 1. The number of ether oxygens (including phenoxy) is 1. The Hall–Kier alpha value is -3.63. The number of halogens is 3. The third-order valence-corrected chi connectivity index (χ3v) is 4.15. The van der Waals surface area contributed by atoms with Crippen LogP contribution in [0.25, 0.3) is 0 Å². The highest BCUT2D eigenvalue weighted by Gasteiger charge is 2.29. The predicted octanol–water partition coefficient (Wildman–Crippen LogP) is 3.45. The number of phenolic OH excluding ortho intramolecular Hbond substituents is 1. The van der Waals surface area contributed by atoms with Crippen LogP contribution in [0.4, 0.5) is 13.2 Å². The van der Waals surface area contributed by atoms with Crippen LogP contribution in [0.2, 0.25) is 0 Å². The van der Waals surface area contributed by atoms with Gasteiger partial charge in [0.15, 0.2) is 5.82 Å². The lowest BCUT2D eigenvalue weighted by Crippen LogP contribution is -2.05. The van der Waals surface area contributed by atoms with Gasteiger partial charge in [-0.2, -0.15) is 13.2 Å². The van der Waals surface area contributed by atoms with Gasteiger partial charge in [0.05, 0.1) is 11.3 Å². The van der Waals surface area contributed by atoms with Gasteiger partial charge in [0.2, 0.25) is 0 Å². The molecule has 0 aliphatic rings. The molecule has 3 aromatic rings. The molecule has 158 valence electrons. The normalized spacial score (nSPS) is 12.1. The Kier molecular flexibility index (Phi) is 6.19. The lowest BCUT2D eigenvalue weighted by Gasteiger charge is -2.09. The van der Waals surface area contributed by atoms with E-state index in [-0.39, 0.29) is 19.0 Å². The van der Waals surface area contributed by atoms with Crippen molar-refractivity contribution < 1.29 is 27.9 Å². The molecule has 0 bridgehead atoms. The third kappa shape index (κ3) is 5.25. The molecule has 2 aromatic carbocycles. The molecule has 0 atom stereocenters. The van der Waals surface area contributed by atoms with Crippen molar-refractivity contribution in [3.8, 4) is 11.5 Å². The molecular weight excluding hydrogens is 403 g/mol. The Morgan fingerprint density at radius 2 is 1.87 bits per heavy atom.